The lowest BCUT2D eigenvalue weighted by atomic mass is 9.62. The van der Waals surface area contributed by atoms with E-state index in [9.17, 15) is 0 Å². The lowest BCUT2D eigenvalue weighted by molar-refractivity contribution is -0.168. The van der Waals surface area contributed by atoms with Crippen molar-refractivity contribution in [2.45, 2.75) is 48.1 Å². The fraction of sp³-hybridized carbons (Fsp3) is 0.200. The molecule has 0 amide bonds. The van der Waals surface area contributed by atoms with Crippen LogP contribution in [-0.2, 0) is 25.0 Å². The lowest BCUT2D eigenvalue weighted by Gasteiger charge is -2.52. The lowest BCUT2D eigenvalue weighted by Crippen LogP contribution is -2.59. The summed E-state index contributed by atoms with van der Waals surface area (Å²) in [4.78, 5) is 0. The van der Waals surface area contributed by atoms with Gasteiger partial charge in [0.15, 0.2) is 0 Å². The molecule has 0 bridgehead atoms. The molecule has 0 spiro atoms. The Labute approximate surface area is 314 Å². The van der Waals surface area contributed by atoms with Crippen molar-refractivity contribution in [3.05, 3.63) is 240 Å². The van der Waals surface area contributed by atoms with Gasteiger partial charge in [-0.1, -0.05) is 206 Å². The SMILES string of the molecule is C1=CC[C@@H](C(OC([C@@H]2CC=CCO2)C(c2ccccc2)(c2ccccc2)c2ccccc2)C(c2ccccc2)(c2ccccc2)c2ccccc2)OC1. The summed E-state index contributed by atoms with van der Waals surface area (Å²) in [5, 5.41) is 0. The summed E-state index contributed by atoms with van der Waals surface area (Å²) in [7, 11) is 0. The average molecular weight is 695 g/mol. The van der Waals surface area contributed by atoms with Crippen molar-refractivity contribution >= 4 is 0 Å². The Hall–Kier alpha value is -5.32. The summed E-state index contributed by atoms with van der Waals surface area (Å²) in [6.45, 7) is 1.04. The van der Waals surface area contributed by atoms with Gasteiger partial charge in [0.1, 0.15) is 12.2 Å². The van der Waals surface area contributed by atoms with E-state index >= 15 is 0 Å². The third kappa shape index (κ3) is 6.62. The summed E-state index contributed by atoms with van der Waals surface area (Å²) in [6.07, 6.45) is 8.65. The number of ether oxygens (including phenoxy) is 3. The first-order valence-electron chi connectivity index (χ1n) is 18.8. The Morgan fingerprint density at radius 1 is 0.358 bits per heavy atom. The molecule has 0 N–H and O–H groups in total. The molecule has 0 radical (unpaired) electrons. The van der Waals surface area contributed by atoms with Gasteiger partial charge < -0.3 is 14.2 Å². The van der Waals surface area contributed by atoms with Gasteiger partial charge >= 0.3 is 0 Å². The summed E-state index contributed by atoms with van der Waals surface area (Å²) in [5.74, 6) is 0. The molecule has 3 heteroatoms. The van der Waals surface area contributed by atoms with Crippen molar-refractivity contribution < 1.29 is 14.2 Å². The van der Waals surface area contributed by atoms with Crippen molar-refractivity contribution in [1.82, 2.24) is 0 Å². The topological polar surface area (TPSA) is 27.7 Å². The van der Waals surface area contributed by atoms with E-state index in [1.165, 1.54) is 0 Å². The predicted octanol–water partition coefficient (Wildman–Crippen LogP) is 10.5. The van der Waals surface area contributed by atoms with Gasteiger partial charge in [-0.25, -0.2) is 0 Å². The van der Waals surface area contributed by atoms with Gasteiger partial charge in [0.05, 0.1) is 36.3 Å². The van der Waals surface area contributed by atoms with Gasteiger partial charge in [0.25, 0.3) is 0 Å². The molecule has 0 fully saturated rings. The van der Waals surface area contributed by atoms with Crippen molar-refractivity contribution in [2.24, 2.45) is 0 Å². The maximum atomic E-state index is 8.27. The maximum absolute atomic E-state index is 8.27. The third-order valence-electron chi connectivity index (χ3n) is 11.1. The Bertz CT molecular complexity index is 1720. The molecule has 0 aromatic heterocycles. The van der Waals surface area contributed by atoms with Gasteiger partial charge in [-0.15, -0.1) is 0 Å². The Balaban J connectivity index is 1.47. The van der Waals surface area contributed by atoms with E-state index in [0.29, 0.717) is 26.1 Å². The highest BCUT2D eigenvalue weighted by Gasteiger charge is 2.55. The van der Waals surface area contributed by atoms with Crippen LogP contribution in [0.1, 0.15) is 46.2 Å². The van der Waals surface area contributed by atoms with Gasteiger partial charge in [0, 0.05) is 0 Å². The molecule has 0 aliphatic carbocycles. The van der Waals surface area contributed by atoms with E-state index in [0.717, 1.165) is 33.4 Å². The van der Waals surface area contributed by atoms with E-state index in [1.54, 1.807) is 0 Å². The highest BCUT2D eigenvalue weighted by molar-refractivity contribution is 5.55. The van der Waals surface area contributed by atoms with Crippen molar-refractivity contribution in [3.8, 4) is 0 Å². The molecule has 6 aromatic carbocycles. The molecule has 2 heterocycles. The van der Waals surface area contributed by atoms with Crippen molar-refractivity contribution in [3.63, 3.8) is 0 Å². The van der Waals surface area contributed by atoms with Crippen LogP contribution in [0.2, 0.25) is 0 Å². The summed E-state index contributed by atoms with van der Waals surface area (Å²) in [6, 6.07) is 65.3. The van der Waals surface area contributed by atoms with Crippen LogP contribution in [-0.4, -0.2) is 37.6 Å². The molecule has 0 saturated heterocycles. The van der Waals surface area contributed by atoms with Crippen LogP contribution in [0.5, 0.6) is 0 Å². The first-order valence-corrected chi connectivity index (χ1v) is 18.8. The monoisotopic (exact) mass is 694 g/mol. The minimum Gasteiger partial charge on any atom is -0.371 e. The van der Waals surface area contributed by atoms with Crippen LogP contribution in [0.4, 0.5) is 0 Å². The van der Waals surface area contributed by atoms with Crippen LogP contribution in [0.25, 0.3) is 0 Å². The number of hydrogen-bond acceptors (Lipinski definition) is 3. The quantitative estimate of drug-likeness (QED) is 0.0943. The van der Waals surface area contributed by atoms with Crippen LogP contribution >= 0.6 is 0 Å². The molecule has 0 saturated carbocycles. The number of rotatable bonds is 12. The van der Waals surface area contributed by atoms with Crippen LogP contribution in [0, 0.1) is 0 Å². The van der Waals surface area contributed by atoms with Crippen LogP contribution in [0.15, 0.2) is 206 Å². The fourth-order valence-corrected chi connectivity index (χ4v) is 8.80. The average Bonchev–Trinajstić information content (AvgIpc) is 3.26. The molecule has 2 aliphatic heterocycles. The standard InChI is InChI=1S/C50H46O3/c1-7-23-39(24-8-1)49(40-25-9-2-10-26-40,41-27-11-3-12-28-41)47(45-35-19-21-37-51-45)53-48(46-36-20-22-38-52-46)50(42-29-13-4-14-30-42,43-31-15-5-16-32-43)44-33-17-6-18-34-44/h1-34,45-48H,35-38H2/t45-,46-,47?,48?/m0/s1. The second-order valence-corrected chi connectivity index (χ2v) is 13.9. The predicted molar refractivity (Wildman–Crippen MR) is 214 cm³/mol. The highest BCUT2D eigenvalue weighted by atomic mass is 16.6. The van der Waals surface area contributed by atoms with E-state index in [1.807, 2.05) is 0 Å². The molecule has 264 valence electrons. The van der Waals surface area contributed by atoms with Crippen molar-refractivity contribution in [1.29, 1.82) is 0 Å². The van der Waals surface area contributed by atoms with Gasteiger partial charge in [-0.3, -0.25) is 0 Å². The fourth-order valence-electron chi connectivity index (χ4n) is 8.80. The van der Waals surface area contributed by atoms with E-state index in [4.69, 9.17) is 14.2 Å². The molecule has 6 aromatic rings. The summed E-state index contributed by atoms with van der Waals surface area (Å²) >= 11 is 0. The first kappa shape index (κ1) is 34.7. The van der Waals surface area contributed by atoms with Gasteiger partial charge in [-0.2, -0.15) is 0 Å². The maximum Gasteiger partial charge on any atom is 0.102 e. The largest absolute Gasteiger partial charge is 0.371 e. The smallest absolute Gasteiger partial charge is 0.102 e. The molecular weight excluding hydrogens is 649 g/mol. The Kier molecular flexibility index (Phi) is 10.6. The Morgan fingerprint density at radius 2 is 0.604 bits per heavy atom. The van der Waals surface area contributed by atoms with E-state index in [2.05, 4.69) is 206 Å². The first-order chi connectivity index (χ1) is 26.3. The normalized spacial score (nSPS) is 18.6. The Morgan fingerprint density at radius 3 is 0.811 bits per heavy atom. The number of hydrogen-bond donors (Lipinski definition) is 0. The third-order valence-corrected chi connectivity index (χ3v) is 11.1. The van der Waals surface area contributed by atoms with E-state index in [-0.39, 0.29) is 12.2 Å². The van der Waals surface area contributed by atoms with Crippen LogP contribution in [0.3, 0.4) is 0 Å². The zero-order valence-corrected chi connectivity index (χ0v) is 30.0. The molecule has 2 unspecified atom stereocenters. The zero-order valence-electron chi connectivity index (χ0n) is 30.0. The summed E-state index contributed by atoms with van der Waals surface area (Å²) in [5.41, 5.74) is 5.35. The second kappa shape index (κ2) is 16.1. The second-order valence-electron chi connectivity index (χ2n) is 13.9. The highest BCUT2D eigenvalue weighted by Crippen LogP contribution is 2.51. The van der Waals surface area contributed by atoms with Gasteiger partial charge in [0.2, 0.25) is 0 Å². The van der Waals surface area contributed by atoms with Crippen LogP contribution < -0.4 is 0 Å². The number of benzene rings is 6. The molecular formula is C50H46O3. The molecule has 2 aliphatic rings. The summed E-state index contributed by atoms with van der Waals surface area (Å²) < 4.78 is 22.0. The molecule has 53 heavy (non-hydrogen) atoms. The zero-order chi connectivity index (χ0) is 35.8. The minimum atomic E-state index is -0.766. The van der Waals surface area contributed by atoms with E-state index < -0.39 is 23.0 Å². The molecule has 4 atom stereocenters. The van der Waals surface area contributed by atoms with Crippen molar-refractivity contribution in [2.75, 3.05) is 13.2 Å². The van der Waals surface area contributed by atoms with Gasteiger partial charge in [-0.05, 0) is 46.2 Å². The molecule has 3 nitrogen and oxygen atoms in total. The minimum absolute atomic E-state index is 0.276. The molecule has 8 rings (SSSR count).